The number of nitrogens with zero attached hydrogens (tertiary/aromatic N) is 1. The average Bonchev–Trinajstić information content (AvgIpc) is 2.27. The second kappa shape index (κ2) is 3.75. The lowest BCUT2D eigenvalue weighted by Crippen LogP contribution is -2.26. The van der Waals surface area contributed by atoms with Crippen molar-refractivity contribution in [1.29, 1.82) is 0 Å². The fraction of sp³-hybridized carbons (Fsp3) is 0.400. The molecule has 0 aromatic carbocycles. The van der Waals surface area contributed by atoms with Gasteiger partial charge in [-0.15, -0.1) is 0 Å². The van der Waals surface area contributed by atoms with Gasteiger partial charge in [-0.2, -0.15) is 0 Å². The summed E-state index contributed by atoms with van der Waals surface area (Å²) in [6.45, 7) is 1.70. The van der Waals surface area contributed by atoms with Crippen molar-refractivity contribution >= 4 is 5.97 Å². The fourth-order valence-electron chi connectivity index (χ4n) is 1.69. The van der Waals surface area contributed by atoms with Gasteiger partial charge in [0.1, 0.15) is 0 Å². The number of pyridine rings is 1. The van der Waals surface area contributed by atoms with Gasteiger partial charge < -0.3 is 10.1 Å². The van der Waals surface area contributed by atoms with Crippen LogP contribution in [0.1, 0.15) is 21.6 Å². The number of carbonyl (C=O) groups is 1. The van der Waals surface area contributed by atoms with Crippen molar-refractivity contribution in [2.45, 2.75) is 13.0 Å². The number of fused-ring (bicyclic) bond motifs is 1. The van der Waals surface area contributed by atoms with Gasteiger partial charge in [0.05, 0.1) is 7.11 Å². The quantitative estimate of drug-likeness (QED) is 0.659. The molecule has 0 fully saturated rings. The Morgan fingerprint density at radius 1 is 1.64 bits per heavy atom. The summed E-state index contributed by atoms with van der Waals surface area (Å²) < 4.78 is 4.68. The molecule has 1 N–H and O–H groups in total. The Hall–Kier alpha value is -1.42. The van der Waals surface area contributed by atoms with E-state index in [0.29, 0.717) is 5.69 Å². The molecule has 0 bridgehead atoms. The molecule has 14 heavy (non-hydrogen) atoms. The molecule has 0 aliphatic carbocycles. The monoisotopic (exact) mass is 192 g/mol. The van der Waals surface area contributed by atoms with E-state index in [-0.39, 0.29) is 5.97 Å². The molecule has 0 spiro atoms. The number of aromatic nitrogens is 1. The largest absolute Gasteiger partial charge is 0.464 e. The van der Waals surface area contributed by atoms with Gasteiger partial charge in [-0.05, 0) is 30.2 Å². The molecule has 1 aromatic rings. The standard InChI is InChI=1S/C10H12N2O2/c1-14-10(13)9-8-3-4-11-6-7(8)2-5-12-9/h2,5,11H,3-4,6H2,1H3. The van der Waals surface area contributed by atoms with E-state index in [1.165, 1.54) is 7.11 Å². The zero-order valence-corrected chi connectivity index (χ0v) is 8.04. The number of esters is 1. The maximum Gasteiger partial charge on any atom is 0.356 e. The number of methoxy groups -OCH3 is 1. The molecule has 1 aromatic heterocycles. The van der Waals surface area contributed by atoms with Crippen LogP contribution >= 0.6 is 0 Å². The fourth-order valence-corrected chi connectivity index (χ4v) is 1.69. The highest BCUT2D eigenvalue weighted by Gasteiger charge is 2.18. The molecule has 0 amide bonds. The second-order valence-electron chi connectivity index (χ2n) is 3.22. The Balaban J connectivity index is 2.45. The highest BCUT2D eigenvalue weighted by molar-refractivity contribution is 5.89. The van der Waals surface area contributed by atoms with E-state index >= 15 is 0 Å². The van der Waals surface area contributed by atoms with Gasteiger partial charge in [0.2, 0.25) is 0 Å². The van der Waals surface area contributed by atoms with Crippen molar-refractivity contribution in [1.82, 2.24) is 10.3 Å². The highest BCUT2D eigenvalue weighted by atomic mass is 16.5. The van der Waals surface area contributed by atoms with Crippen LogP contribution < -0.4 is 5.32 Å². The summed E-state index contributed by atoms with van der Waals surface area (Å²) in [7, 11) is 1.38. The van der Waals surface area contributed by atoms with Crippen LogP contribution in [0.25, 0.3) is 0 Å². The van der Waals surface area contributed by atoms with E-state index < -0.39 is 0 Å². The van der Waals surface area contributed by atoms with Gasteiger partial charge in [0, 0.05) is 12.7 Å². The summed E-state index contributed by atoms with van der Waals surface area (Å²) in [6, 6.07) is 1.94. The molecular formula is C10H12N2O2. The molecule has 0 saturated carbocycles. The van der Waals surface area contributed by atoms with Crippen LogP contribution in [0.4, 0.5) is 0 Å². The number of nitrogens with one attached hydrogen (secondary N) is 1. The van der Waals surface area contributed by atoms with Gasteiger partial charge in [0.15, 0.2) is 5.69 Å². The normalized spacial score (nSPS) is 14.6. The van der Waals surface area contributed by atoms with Crippen LogP contribution in [-0.2, 0) is 17.7 Å². The molecule has 0 radical (unpaired) electrons. The summed E-state index contributed by atoms with van der Waals surface area (Å²) >= 11 is 0. The number of hydrogen-bond donors (Lipinski definition) is 1. The third-order valence-corrected chi connectivity index (χ3v) is 2.40. The van der Waals surface area contributed by atoms with Crippen LogP contribution in [-0.4, -0.2) is 24.6 Å². The van der Waals surface area contributed by atoms with Crippen molar-refractivity contribution in [3.8, 4) is 0 Å². The third kappa shape index (κ3) is 1.48. The SMILES string of the molecule is COC(=O)c1nccc2c1CCNC2. The molecule has 2 heterocycles. The van der Waals surface area contributed by atoms with E-state index in [9.17, 15) is 4.79 Å². The molecule has 0 atom stereocenters. The molecule has 2 rings (SSSR count). The first-order valence-corrected chi connectivity index (χ1v) is 4.58. The lowest BCUT2D eigenvalue weighted by Gasteiger charge is -2.18. The van der Waals surface area contributed by atoms with Gasteiger partial charge >= 0.3 is 5.97 Å². The first kappa shape index (κ1) is 9.15. The molecule has 0 unspecified atom stereocenters. The van der Waals surface area contributed by atoms with E-state index in [1.807, 2.05) is 6.07 Å². The Bertz CT molecular complexity index is 363. The van der Waals surface area contributed by atoms with Crippen LogP contribution in [0.15, 0.2) is 12.3 Å². The highest BCUT2D eigenvalue weighted by Crippen LogP contribution is 2.16. The first-order chi connectivity index (χ1) is 6.83. The summed E-state index contributed by atoms with van der Waals surface area (Å²) in [5.74, 6) is -0.344. The number of hydrogen-bond acceptors (Lipinski definition) is 4. The minimum absolute atomic E-state index is 0.344. The maximum atomic E-state index is 11.4. The van der Waals surface area contributed by atoms with Crippen LogP contribution in [0, 0.1) is 0 Å². The Morgan fingerprint density at radius 2 is 2.50 bits per heavy atom. The van der Waals surface area contributed by atoms with E-state index in [2.05, 4.69) is 15.0 Å². The Kier molecular flexibility index (Phi) is 2.45. The van der Waals surface area contributed by atoms with Crippen molar-refractivity contribution < 1.29 is 9.53 Å². The third-order valence-electron chi connectivity index (χ3n) is 2.40. The Labute approximate surface area is 82.3 Å². The summed E-state index contributed by atoms with van der Waals surface area (Å²) in [5, 5.41) is 3.25. The lowest BCUT2D eigenvalue weighted by molar-refractivity contribution is 0.0592. The van der Waals surface area contributed by atoms with Gasteiger partial charge in [-0.25, -0.2) is 9.78 Å². The van der Waals surface area contributed by atoms with Crippen LogP contribution in [0.3, 0.4) is 0 Å². The first-order valence-electron chi connectivity index (χ1n) is 4.58. The van der Waals surface area contributed by atoms with Crippen LogP contribution in [0.2, 0.25) is 0 Å². The predicted molar refractivity (Wildman–Crippen MR) is 51.0 cm³/mol. The summed E-state index contributed by atoms with van der Waals surface area (Å²) in [4.78, 5) is 15.4. The minimum Gasteiger partial charge on any atom is -0.464 e. The Morgan fingerprint density at radius 3 is 3.29 bits per heavy atom. The van der Waals surface area contributed by atoms with Gasteiger partial charge in [-0.1, -0.05) is 0 Å². The predicted octanol–water partition coefficient (Wildman–Crippen LogP) is 0.514. The topological polar surface area (TPSA) is 51.2 Å². The van der Waals surface area contributed by atoms with Gasteiger partial charge in [-0.3, -0.25) is 0 Å². The lowest BCUT2D eigenvalue weighted by atomic mass is 10.00. The second-order valence-corrected chi connectivity index (χ2v) is 3.22. The molecule has 0 saturated heterocycles. The number of rotatable bonds is 1. The molecule has 74 valence electrons. The van der Waals surface area contributed by atoms with Crippen molar-refractivity contribution in [3.63, 3.8) is 0 Å². The summed E-state index contributed by atoms with van der Waals surface area (Å²) in [6.07, 6.45) is 2.49. The minimum atomic E-state index is -0.344. The molecule has 1 aliphatic heterocycles. The average molecular weight is 192 g/mol. The van der Waals surface area contributed by atoms with Crippen molar-refractivity contribution in [2.75, 3.05) is 13.7 Å². The number of ether oxygens (including phenoxy) is 1. The van der Waals surface area contributed by atoms with E-state index in [4.69, 9.17) is 0 Å². The molecule has 4 nitrogen and oxygen atoms in total. The molecule has 4 heteroatoms. The van der Waals surface area contributed by atoms with Crippen molar-refractivity contribution in [3.05, 3.63) is 29.1 Å². The summed E-state index contributed by atoms with van der Waals surface area (Å²) in [5.41, 5.74) is 2.64. The number of carbonyl (C=O) groups excluding carboxylic acids is 1. The van der Waals surface area contributed by atoms with E-state index in [1.54, 1.807) is 6.20 Å². The zero-order chi connectivity index (χ0) is 9.97. The molecular weight excluding hydrogens is 180 g/mol. The maximum absolute atomic E-state index is 11.4. The van der Waals surface area contributed by atoms with Crippen LogP contribution in [0.5, 0.6) is 0 Å². The van der Waals surface area contributed by atoms with Gasteiger partial charge in [0.25, 0.3) is 0 Å². The zero-order valence-electron chi connectivity index (χ0n) is 8.04. The smallest absolute Gasteiger partial charge is 0.356 e. The van der Waals surface area contributed by atoms with E-state index in [0.717, 1.165) is 30.6 Å². The van der Waals surface area contributed by atoms with Crippen molar-refractivity contribution in [2.24, 2.45) is 0 Å². The molecule has 1 aliphatic rings.